The molecule has 0 fully saturated rings. The molecule has 2 heterocycles. The highest BCUT2D eigenvalue weighted by atomic mass is 32.2. The maximum absolute atomic E-state index is 13.0. The first-order chi connectivity index (χ1) is 11.1. The molecule has 124 valence electrons. The number of aromatic nitrogens is 2. The van der Waals surface area contributed by atoms with Crippen molar-refractivity contribution < 1.29 is 13.2 Å². The minimum absolute atomic E-state index is 0.312. The van der Waals surface area contributed by atoms with Gasteiger partial charge in [-0.2, -0.15) is 9.40 Å². The van der Waals surface area contributed by atoms with Crippen molar-refractivity contribution in [1.29, 1.82) is 0 Å². The summed E-state index contributed by atoms with van der Waals surface area (Å²) in [5, 5.41) is 4.29. The maximum atomic E-state index is 13.0. The van der Waals surface area contributed by atoms with E-state index in [9.17, 15) is 8.42 Å². The molecule has 0 N–H and O–H groups in total. The van der Waals surface area contributed by atoms with Gasteiger partial charge in [0, 0.05) is 20.2 Å². The molecule has 1 aliphatic rings. The molecule has 0 radical (unpaired) electrons. The molecule has 0 spiro atoms. The van der Waals surface area contributed by atoms with Crippen LogP contribution in [0.5, 0.6) is 0 Å². The lowest BCUT2D eigenvalue weighted by Crippen LogP contribution is -2.42. The zero-order chi connectivity index (χ0) is 16.4. The van der Waals surface area contributed by atoms with E-state index in [1.165, 1.54) is 0 Å². The number of hydrogen-bond donors (Lipinski definition) is 0. The van der Waals surface area contributed by atoms with Crippen LogP contribution in [0.4, 0.5) is 0 Å². The van der Waals surface area contributed by atoms with Crippen molar-refractivity contribution >= 4 is 10.0 Å². The second-order valence-electron chi connectivity index (χ2n) is 5.53. The monoisotopic (exact) mass is 335 g/mol. The van der Waals surface area contributed by atoms with Gasteiger partial charge in [-0.3, -0.25) is 4.68 Å². The SMILES string of the molecule is CCOCC1c2c(cnn2C)CCN1S(=O)(=O)c1ccccc1. The van der Waals surface area contributed by atoms with Gasteiger partial charge in [-0.05, 0) is 31.0 Å². The number of rotatable bonds is 5. The molecule has 2 aromatic rings. The number of fused-ring (bicyclic) bond motifs is 1. The third-order valence-electron chi connectivity index (χ3n) is 4.16. The van der Waals surface area contributed by atoms with Crippen molar-refractivity contribution in [3.8, 4) is 0 Å². The maximum Gasteiger partial charge on any atom is 0.243 e. The highest BCUT2D eigenvalue weighted by Gasteiger charge is 2.38. The van der Waals surface area contributed by atoms with Crippen LogP contribution in [-0.2, 0) is 28.2 Å². The number of sulfonamides is 1. The summed E-state index contributed by atoms with van der Waals surface area (Å²) in [4.78, 5) is 0.312. The second kappa shape index (κ2) is 6.43. The number of benzene rings is 1. The molecule has 0 saturated heterocycles. The van der Waals surface area contributed by atoms with Gasteiger partial charge in [0.05, 0.1) is 29.4 Å². The number of ether oxygens (including phenoxy) is 1. The van der Waals surface area contributed by atoms with Crippen molar-refractivity contribution in [3.63, 3.8) is 0 Å². The normalized spacial score (nSPS) is 18.8. The van der Waals surface area contributed by atoms with Gasteiger partial charge in [0.2, 0.25) is 10.0 Å². The lowest BCUT2D eigenvalue weighted by molar-refractivity contribution is 0.0905. The average molecular weight is 335 g/mol. The molecule has 1 aromatic heterocycles. The Bertz CT molecular complexity index is 771. The Kier molecular flexibility index (Phi) is 4.52. The van der Waals surface area contributed by atoms with E-state index in [1.54, 1.807) is 33.3 Å². The summed E-state index contributed by atoms with van der Waals surface area (Å²) in [6, 6.07) is 8.20. The van der Waals surface area contributed by atoms with E-state index in [0.717, 1.165) is 11.3 Å². The van der Waals surface area contributed by atoms with E-state index in [4.69, 9.17) is 4.74 Å². The van der Waals surface area contributed by atoms with E-state index in [0.29, 0.717) is 31.1 Å². The molecule has 7 heteroatoms. The molecule has 3 rings (SSSR count). The van der Waals surface area contributed by atoms with E-state index < -0.39 is 10.0 Å². The first kappa shape index (κ1) is 16.2. The van der Waals surface area contributed by atoms with Crippen molar-refractivity contribution in [2.24, 2.45) is 7.05 Å². The molecule has 0 bridgehead atoms. The average Bonchev–Trinajstić information content (AvgIpc) is 2.95. The lowest BCUT2D eigenvalue weighted by Gasteiger charge is -2.34. The highest BCUT2D eigenvalue weighted by molar-refractivity contribution is 7.89. The van der Waals surface area contributed by atoms with Crippen LogP contribution in [0.2, 0.25) is 0 Å². The molecule has 0 saturated carbocycles. The van der Waals surface area contributed by atoms with Gasteiger partial charge in [0.15, 0.2) is 0 Å². The highest BCUT2D eigenvalue weighted by Crippen LogP contribution is 2.34. The van der Waals surface area contributed by atoms with Crippen LogP contribution in [0.1, 0.15) is 24.2 Å². The smallest absolute Gasteiger partial charge is 0.243 e. The summed E-state index contributed by atoms with van der Waals surface area (Å²) in [7, 11) is -1.72. The van der Waals surface area contributed by atoms with Crippen molar-refractivity contribution in [2.45, 2.75) is 24.3 Å². The molecule has 1 aliphatic heterocycles. The Balaban J connectivity index is 2.02. The molecule has 23 heavy (non-hydrogen) atoms. The quantitative estimate of drug-likeness (QED) is 0.835. The second-order valence-corrected chi connectivity index (χ2v) is 7.42. The summed E-state index contributed by atoms with van der Waals surface area (Å²) in [6.45, 7) is 3.22. The number of aryl methyl sites for hydroxylation is 1. The van der Waals surface area contributed by atoms with Crippen LogP contribution in [0.15, 0.2) is 41.4 Å². The summed E-state index contributed by atoms with van der Waals surface area (Å²) >= 11 is 0. The largest absolute Gasteiger partial charge is 0.380 e. The Morgan fingerprint density at radius 2 is 2.04 bits per heavy atom. The molecular formula is C16H21N3O3S. The first-order valence-electron chi connectivity index (χ1n) is 7.71. The molecular weight excluding hydrogens is 314 g/mol. The first-order valence-corrected chi connectivity index (χ1v) is 9.15. The van der Waals surface area contributed by atoms with E-state index in [1.807, 2.05) is 26.2 Å². The molecule has 6 nitrogen and oxygen atoms in total. The van der Waals surface area contributed by atoms with Crippen LogP contribution < -0.4 is 0 Å². The Hall–Kier alpha value is -1.70. The van der Waals surface area contributed by atoms with Crippen molar-refractivity contribution in [3.05, 3.63) is 47.8 Å². The van der Waals surface area contributed by atoms with Gasteiger partial charge in [-0.25, -0.2) is 8.42 Å². The van der Waals surface area contributed by atoms with Crippen LogP contribution in [-0.4, -0.2) is 42.3 Å². The van der Waals surface area contributed by atoms with Crippen molar-refractivity contribution in [1.82, 2.24) is 14.1 Å². The number of hydrogen-bond acceptors (Lipinski definition) is 4. The molecule has 1 aromatic carbocycles. The summed E-state index contributed by atoms with van der Waals surface area (Å²) in [5.41, 5.74) is 2.01. The zero-order valence-corrected chi connectivity index (χ0v) is 14.2. The third kappa shape index (κ3) is 2.91. The summed E-state index contributed by atoms with van der Waals surface area (Å²) < 4.78 is 35.0. The standard InChI is InChI=1S/C16H21N3O3S/c1-3-22-12-15-16-13(11-17-18(16)2)9-10-19(15)23(20,21)14-7-5-4-6-8-14/h4-8,11,15H,3,9-10,12H2,1-2H3. The minimum atomic E-state index is -3.57. The predicted octanol–water partition coefficient (Wildman–Crippen LogP) is 1.74. The Labute approximate surface area is 136 Å². The topological polar surface area (TPSA) is 64.4 Å². The van der Waals surface area contributed by atoms with Gasteiger partial charge in [-0.1, -0.05) is 18.2 Å². The Morgan fingerprint density at radius 3 is 2.74 bits per heavy atom. The van der Waals surface area contributed by atoms with Crippen LogP contribution in [0, 0.1) is 0 Å². The lowest BCUT2D eigenvalue weighted by atomic mass is 10.0. The molecule has 0 amide bonds. The molecule has 0 aliphatic carbocycles. The fourth-order valence-electron chi connectivity index (χ4n) is 3.04. The van der Waals surface area contributed by atoms with Gasteiger partial charge in [-0.15, -0.1) is 0 Å². The van der Waals surface area contributed by atoms with E-state index >= 15 is 0 Å². The Morgan fingerprint density at radius 1 is 1.30 bits per heavy atom. The summed E-state index contributed by atoms with van der Waals surface area (Å²) in [6.07, 6.45) is 2.48. The summed E-state index contributed by atoms with van der Waals surface area (Å²) in [5.74, 6) is 0. The fraction of sp³-hybridized carbons (Fsp3) is 0.438. The van der Waals surface area contributed by atoms with Gasteiger partial charge < -0.3 is 4.74 Å². The van der Waals surface area contributed by atoms with E-state index in [2.05, 4.69) is 5.10 Å². The third-order valence-corrected chi connectivity index (χ3v) is 6.08. The van der Waals surface area contributed by atoms with Crippen molar-refractivity contribution in [2.75, 3.05) is 19.8 Å². The molecule has 1 atom stereocenters. The fourth-order valence-corrected chi connectivity index (χ4v) is 4.64. The van der Waals surface area contributed by atoms with Gasteiger partial charge in [0.1, 0.15) is 0 Å². The number of nitrogens with zero attached hydrogens (tertiary/aromatic N) is 3. The van der Waals surface area contributed by atoms with E-state index in [-0.39, 0.29) is 6.04 Å². The van der Waals surface area contributed by atoms with Crippen LogP contribution in [0.3, 0.4) is 0 Å². The predicted molar refractivity (Wildman–Crippen MR) is 86.5 cm³/mol. The van der Waals surface area contributed by atoms with Gasteiger partial charge >= 0.3 is 0 Å². The zero-order valence-electron chi connectivity index (χ0n) is 13.3. The van der Waals surface area contributed by atoms with Crippen LogP contribution in [0.25, 0.3) is 0 Å². The molecule has 1 unspecified atom stereocenters. The van der Waals surface area contributed by atoms with Crippen LogP contribution >= 0.6 is 0 Å². The van der Waals surface area contributed by atoms with Gasteiger partial charge in [0.25, 0.3) is 0 Å². The minimum Gasteiger partial charge on any atom is -0.380 e.